The molecule has 0 atom stereocenters. The molecule has 0 saturated carbocycles. The lowest BCUT2D eigenvalue weighted by atomic mass is 10.1. The summed E-state index contributed by atoms with van der Waals surface area (Å²) in [7, 11) is 0. The molecule has 2 aromatic carbocycles. The summed E-state index contributed by atoms with van der Waals surface area (Å²) in [5, 5.41) is 2.82. The Balaban J connectivity index is 1.69. The average molecular weight is 323 g/mol. The lowest BCUT2D eigenvalue weighted by molar-refractivity contribution is 0.0951. The molecule has 0 unspecified atom stereocenters. The van der Waals surface area contributed by atoms with Crippen LogP contribution in [0.4, 0.5) is 4.39 Å². The number of hydrogen-bond acceptors (Lipinski definition) is 2. The number of aryl methyl sites for hydroxylation is 2. The van der Waals surface area contributed by atoms with Crippen molar-refractivity contribution in [2.24, 2.45) is 0 Å². The Morgan fingerprint density at radius 3 is 2.67 bits per heavy atom. The van der Waals surface area contributed by atoms with Crippen molar-refractivity contribution in [3.63, 3.8) is 0 Å². The van der Waals surface area contributed by atoms with E-state index in [0.717, 1.165) is 11.1 Å². The molecular weight excluding hydrogens is 305 g/mol. The highest BCUT2D eigenvalue weighted by molar-refractivity contribution is 5.94. The van der Waals surface area contributed by atoms with Crippen LogP contribution in [0.3, 0.4) is 0 Å². The van der Waals surface area contributed by atoms with E-state index in [0.29, 0.717) is 16.8 Å². The van der Waals surface area contributed by atoms with Crippen LogP contribution in [0.1, 0.15) is 27.0 Å². The summed E-state index contributed by atoms with van der Waals surface area (Å²) in [6.45, 7) is 4.24. The quantitative estimate of drug-likeness (QED) is 0.798. The molecule has 5 heteroatoms. The van der Waals surface area contributed by atoms with Gasteiger partial charge >= 0.3 is 0 Å². The van der Waals surface area contributed by atoms with Crippen LogP contribution < -0.4 is 5.32 Å². The summed E-state index contributed by atoms with van der Waals surface area (Å²) in [5.74, 6) is -0.525. The minimum Gasteiger partial charge on any atom is -0.348 e. The van der Waals surface area contributed by atoms with Crippen molar-refractivity contribution in [3.8, 4) is 5.69 Å². The number of imidazole rings is 1. The van der Waals surface area contributed by atoms with Crippen LogP contribution in [0.25, 0.3) is 5.69 Å². The molecule has 1 aromatic heterocycles. The lowest BCUT2D eigenvalue weighted by Crippen LogP contribution is -2.23. The van der Waals surface area contributed by atoms with E-state index in [9.17, 15) is 9.18 Å². The second kappa shape index (κ2) is 6.66. The normalized spacial score (nSPS) is 10.6. The van der Waals surface area contributed by atoms with Crippen LogP contribution in [-0.2, 0) is 6.54 Å². The number of halogens is 1. The summed E-state index contributed by atoms with van der Waals surface area (Å²) in [5.41, 5.74) is 3.95. The van der Waals surface area contributed by atoms with Gasteiger partial charge in [-0.2, -0.15) is 0 Å². The fourth-order valence-corrected chi connectivity index (χ4v) is 2.44. The molecule has 0 aliphatic rings. The molecule has 0 saturated heterocycles. The van der Waals surface area contributed by atoms with Crippen LogP contribution in [0.2, 0.25) is 0 Å². The van der Waals surface area contributed by atoms with Gasteiger partial charge in [-0.15, -0.1) is 0 Å². The second-order valence-corrected chi connectivity index (χ2v) is 5.74. The van der Waals surface area contributed by atoms with Gasteiger partial charge in [0.2, 0.25) is 0 Å². The topological polar surface area (TPSA) is 46.9 Å². The Kier molecular flexibility index (Phi) is 4.42. The minimum atomic E-state index is -0.356. The van der Waals surface area contributed by atoms with Crippen molar-refractivity contribution in [1.82, 2.24) is 14.9 Å². The SMILES string of the molecule is Cc1ccc(C(=O)NCc2ccc(-n3ccnc3)c(F)c2)cc1C. The molecule has 0 bridgehead atoms. The first-order chi connectivity index (χ1) is 11.5. The smallest absolute Gasteiger partial charge is 0.251 e. The number of aromatic nitrogens is 2. The molecule has 3 rings (SSSR count). The van der Waals surface area contributed by atoms with Gasteiger partial charge in [-0.3, -0.25) is 4.79 Å². The second-order valence-electron chi connectivity index (χ2n) is 5.74. The highest BCUT2D eigenvalue weighted by atomic mass is 19.1. The summed E-state index contributed by atoms with van der Waals surface area (Å²) >= 11 is 0. The highest BCUT2D eigenvalue weighted by Crippen LogP contribution is 2.15. The highest BCUT2D eigenvalue weighted by Gasteiger charge is 2.09. The van der Waals surface area contributed by atoms with Crippen LogP contribution in [0.5, 0.6) is 0 Å². The largest absolute Gasteiger partial charge is 0.348 e. The van der Waals surface area contributed by atoms with Crippen LogP contribution in [0.15, 0.2) is 55.1 Å². The molecule has 0 aliphatic carbocycles. The maximum Gasteiger partial charge on any atom is 0.251 e. The van der Waals surface area contributed by atoms with Gasteiger partial charge in [-0.25, -0.2) is 9.37 Å². The molecule has 4 nitrogen and oxygen atoms in total. The Bertz CT molecular complexity index is 872. The predicted octanol–water partition coefficient (Wildman–Crippen LogP) is 3.56. The molecule has 0 radical (unpaired) electrons. The van der Waals surface area contributed by atoms with Crippen molar-refractivity contribution >= 4 is 5.91 Å². The molecule has 1 amide bonds. The molecule has 122 valence electrons. The molecule has 0 aliphatic heterocycles. The number of nitrogens with zero attached hydrogens (tertiary/aromatic N) is 2. The summed E-state index contributed by atoms with van der Waals surface area (Å²) in [6.07, 6.45) is 4.82. The Morgan fingerprint density at radius 1 is 1.17 bits per heavy atom. The summed E-state index contributed by atoms with van der Waals surface area (Å²) in [4.78, 5) is 16.1. The van der Waals surface area contributed by atoms with Crippen LogP contribution >= 0.6 is 0 Å². The Morgan fingerprint density at radius 2 is 2.00 bits per heavy atom. The standard InChI is InChI=1S/C19H18FN3O/c1-13-3-5-16(9-14(13)2)19(24)22-11-15-4-6-18(17(20)10-15)23-8-7-21-12-23/h3-10,12H,11H2,1-2H3,(H,22,24). The van der Waals surface area contributed by atoms with Gasteiger partial charge in [-0.1, -0.05) is 12.1 Å². The fourth-order valence-electron chi connectivity index (χ4n) is 2.44. The van der Waals surface area contributed by atoms with E-state index in [-0.39, 0.29) is 18.3 Å². The van der Waals surface area contributed by atoms with E-state index >= 15 is 0 Å². The number of hydrogen-bond donors (Lipinski definition) is 1. The number of rotatable bonds is 4. The van der Waals surface area contributed by atoms with Gasteiger partial charge in [-0.05, 0) is 54.8 Å². The predicted molar refractivity (Wildman–Crippen MR) is 90.6 cm³/mol. The number of amides is 1. The first kappa shape index (κ1) is 15.9. The minimum absolute atomic E-state index is 0.169. The molecule has 0 fully saturated rings. The monoisotopic (exact) mass is 323 g/mol. The molecule has 24 heavy (non-hydrogen) atoms. The van der Waals surface area contributed by atoms with E-state index in [1.807, 2.05) is 26.0 Å². The van der Waals surface area contributed by atoms with Gasteiger partial charge in [0.05, 0.1) is 12.0 Å². The summed E-state index contributed by atoms with van der Waals surface area (Å²) < 4.78 is 15.8. The van der Waals surface area contributed by atoms with E-state index in [1.54, 1.807) is 41.5 Å². The first-order valence-electron chi connectivity index (χ1n) is 7.67. The molecule has 3 aromatic rings. The third-order valence-corrected chi connectivity index (χ3v) is 4.02. The van der Waals surface area contributed by atoms with Gasteiger partial charge in [0.15, 0.2) is 0 Å². The molecule has 1 N–H and O–H groups in total. The first-order valence-corrected chi connectivity index (χ1v) is 7.67. The third kappa shape index (κ3) is 3.35. The lowest BCUT2D eigenvalue weighted by Gasteiger charge is -2.09. The maximum absolute atomic E-state index is 14.2. The van der Waals surface area contributed by atoms with E-state index in [4.69, 9.17) is 0 Å². The van der Waals surface area contributed by atoms with Crippen molar-refractivity contribution in [3.05, 3.63) is 83.2 Å². The number of carbonyl (C=O) groups excluding carboxylic acids is 1. The fraction of sp³-hybridized carbons (Fsp3) is 0.158. The zero-order valence-corrected chi connectivity index (χ0v) is 13.6. The van der Waals surface area contributed by atoms with Crippen LogP contribution in [-0.4, -0.2) is 15.5 Å². The number of nitrogens with one attached hydrogen (secondary N) is 1. The average Bonchev–Trinajstić information content (AvgIpc) is 3.09. The number of benzene rings is 2. The number of carbonyl (C=O) groups is 1. The van der Waals surface area contributed by atoms with Gasteiger partial charge < -0.3 is 9.88 Å². The molecular formula is C19H18FN3O. The van der Waals surface area contributed by atoms with E-state index in [2.05, 4.69) is 10.3 Å². The van der Waals surface area contributed by atoms with Crippen LogP contribution in [0, 0.1) is 19.7 Å². The third-order valence-electron chi connectivity index (χ3n) is 4.02. The summed E-state index contributed by atoms with van der Waals surface area (Å²) in [6, 6.07) is 10.5. The van der Waals surface area contributed by atoms with Gasteiger partial charge in [0.1, 0.15) is 5.82 Å². The van der Waals surface area contributed by atoms with E-state index < -0.39 is 0 Å². The van der Waals surface area contributed by atoms with E-state index in [1.165, 1.54) is 6.07 Å². The molecule has 0 spiro atoms. The van der Waals surface area contributed by atoms with Crippen molar-refractivity contribution in [1.29, 1.82) is 0 Å². The van der Waals surface area contributed by atoms with Gasteiger partial charge in [0, 0.05) is 24.5 Å². The Labute approximate surface area is 140 Å². The zero-order valence-electron chi connectivity index (χ0n) is 13.6. The zero-order chi connectivity index (χ0) is 17.1. The maximum atomic E-state index is 14.2. The van der Waals surface area contributed by atoms with Crippen molar-refractivity contribution in [2.45, 2.75) is 20.4 Å². The van der Waals surface area contributed by atoms with Gasteiger partial charge in [0.25, 0.3) is 5.91 Å². The Hall–Kier alpha value is -2.95. The van der Waals surface area contributed by atoms with Crippen molar-refractivity contribution < 1.29 is 9.18 Å². The van der Waals surface area contributed by atoms with Crippen molar-refractivity contribution in [2.75, 3.05) is 0 Å². The molecule has 1 heterocycles.